The molecule has 0 aromatic carbocycles. The molecule has 1 aromatic rings. The zero-order chi connectivity index (χ0) is 11.4. The Bertz CT molecular complexity index is 405. The van der Waals surface area contributed by atoms with Crippen molar-refractivity contribution in [3.8, 4) is 0 Å². The molecule has 0 spiro atoms. The molecule has 4 N–H and O–H groups in total. The van der Waals surface area contributed by atoms with Crippen LogP contribution in [0.15, 0.2) is 11.2 Å². The van der Waals surface area contributed by atoms with Crippen molar-refractivity contribution in [3.63, 3.8) is 0 Å². The molecule has 0 saturated heterocycles. The smallest absolute Gasteiger partial charge is 0.254 e. The standard InChI is InChI=1S/C7H7Cl2N3O2S/c8-4-1-3(6(9)15-4)7(13)11-2-5(10)12-14/h1,14H,2H2,(H2,10,12)(H,11,13). The number of rotatable bonds is 3. The van der Waals surface area contributed by atoms with Crippen LogP contribution in [0.3, 0.4) is 0 Å². The van der Waals surface area contributed by atoms with Gasteiger partial charge in [-0.05, 0) is 6.07 Å². The summed E-state index contributed by atoms with van der Waals surface area (Å²) in [6.45, 7) is -0.0564. The molecule has 0 atom stereocenters. The number of hydrogen-bond donors (Lipinski definition) is 3. The largest absolute Gasteiger partial charge is 0.409 e. The molecule has 1 heterocycles. The Labute approximate surface area is 99.5 Å². The quantitative estimate of drug-likeness (QED) is 0.336. The number of amidine groups is 1. The van der Waals surface area contributed by atoms with Crippen molar-refractivity contribution >= 4 is 46.3 Å². The second-order valence-corrected chi connectivity index (χ2v) is 4.80. The highest BCUT2D eigenvalue weighted by Gasteiger charge is 2.13. The van der Waals surface area contributed by atoms with Gasteiger partial charge in [-0.15, -0.1) is 11.3 Å². The summed E-state index contributed by atoms with van der Waals surface area (Å²) >= 11 is 12.5. The number of halogens is 2. The maximum Gasteiger partial charge on any atom is 0.254 e. The van der Waals surface area contributed by atoms with Gasteiger partial charge in [-0.1, -0.05) is 28.4 Å². The van der Waals surface area contributed by atoms with Crippen molar-refractivity contribution in [2.24, 2.45) is 10.9 Å². The van der Waals surface area contributed by atoms with E-state index in [9.17, 15) is 4.79 Å². The van der Waals surface area contributed by atoms with E-state index in [1.807, 2.05) is 0 Å². The zero-order valence-electron chi connectivity index (χ0n) is 7.33. The first-order valence-electron chi connectivity index (χ1n) is 3.74. The molecule has 8 heteroatoms. The van der Waals surface area contributed by atoms with Crippen molar-refractivity contribution in [2.75, 3.05) is 6.54 Å². The van der Waals surface area contributed by atoms with Crippen LogP contribution >= 0.6 is 34.5 Å². The second-order valence-electron chi connectivity index (χ2n) is 2.51. The van der Waals surface area contributed by atoms with Crippen molar-refractivity contribution < 1.29 is 10.0 Å². The van der Waals surface area contributed by atoms with E-state index in [0.717, 1.165) is 11.3 Å². The Morgan fingerprint density at radius 3 is 2.80 bits per heavy atom. The lowest BCUT2D eigenvalue weighted by molar-refractivity contribution is 0.0959. The summed E-state index contributed by atoms with van der Waals surface area (Å²) in [4.78, 5) is 11.5. The van der Waals surface area contributed by atoms with Gasteiger partial charge in [0.05, 0.1) is 16.4 Å². The first-order valence-corrected chi connectivity index (χ1v) is 5.31. The molecule has 5 nitrogen and oxygen atoms in total. The van der Waals surface area contributed by atoms with Gasteiger partial charge >= 0.3 is 0 Å². The lowest BCUT2D eigenvalue weighted by atomic mass is 10.3. The monoisotopic (exact) mass is 267 g/mol. The van der Waals surface area contributed by atoms with Crippen LogP contribution in [0, 0.1) is 0 Å². The lowest BCUT2D eigenvalue weighted by Crippen LogP contribution is -2.33. The van der Waals surface area contributed by atoms with Gasteiger partial charge in [-0.2, -0.15) is 0 Å². The molecule has 15 heavy (non-hydrogen) atoms. The molecule has 1 rings (SSSR count). The van der Waals surface area contributed by atoms with Gasteiger partial charge in [0.1, 0.15) is 4.34 Å². The van der Waals surface area contributed by atoms with E-state index in [0.29, 0.717) is 8.67 Å². The van der Waals surface area contributed by atoms with E-state index in [2.05, 4.69) is 10.5 Å². The summed E-state index contributed by atoms with van der Waals surface area (Å²) < 4.78 is 0.728. The van der Waals surface area contributed by atoms with Crippen molar-refractivity contribution in [1.29, 1.82) is 0 Å². The van der Waals surface area contributed by atoms with Crippen LogP contribution in [0.2, 0.25) is 8.67 Å². The van der Waals surface area contributed by atoms with E-state index in [4.69, 9.17) is 34.1 Å². The van der Waals surface area contributed by atoms with Crippen LogP contribution < -0.4 is 11.1 Å². The van der Waals surface area contributed by atoms with Crippen LogP contribution in [0.5, 0.6) is 0 Å². The summed E-state index contributed by atoms with van der Waals surface area (Å²) in [5, 5.41) is 13.4. The average Bonchev–Trinajstić information content (AvgIpc) is 2.53. The Kier molecular flexibility index (Phi) is 4.19. The lowest BCUT2D eigenvalue weighted by Gasteiger charge is -2.01. The second kappa shape index (κ2) is 5.20. The van der Waals surface area contributed by atoms with Crippen molar-refractivity contribution in [3.05, 3.63) is 20.3 Å². The molecule has 0 aliphatic rings. The Morgan fingerprint density at radius 2 is 2.33 bits per heavy atom. The number of carbonyl (C=O) groups is 1. The average molecular weight is 268 g/mol. The molecule has 0 fully saturated rings. The number of nitrogens with one attached hydrogen (secondary N) is 1. The third kappa shape index (κ3) is 3.26. The molecule has 0 saturated carbocycles. The summed E-state index contributed by atoms with van der Waals surface area (Å²) in [5.74, 6) is -0.518. The first kappa shape index (κ1) is 12.1. The SMILES string of the molecule is N/C(CNC(=O)c1cc(Cl)sc1Cl)=N/O. The van der Waals surface area contributed by atoms with E-state index in [-0.39, 0.29) is 17.9 Å². The number of amides is 1. The van der Waals surface area contributed by atoms with Crippen LogP contribution in [-0.4, -0.2) is 23.5 Å². The third-order valence-corrected chi connectivity index (χ3v) is 2.95. The van der Waals surface area contributed by atoms with Crippen molar-refractivity contribution in [2.45, 2.75) is 0 Å². The fourth-order valence-corrected chi connectivity index (χ4v) is 2.25. The third-order valence-electron chi connectivity index (χ3n) is 1.46. The van der Waals surface area contributed by atoms with Crippen LogP contribution in [0.1, 0.15) is 10.4 Å². The summed E-state index contributed by atoms with van der Waals surface area (Å²) in [6, 6.07) is 1.45. The molecule has 82 valence electrons. The van der Waals surface area contributed by atoms with Crippen LogP contribution in [0.25, 0.3) is 0 Å². The summed E-state index contributed by atoms with van der Waals surface area (Å²) in [6.07, 6.45) is 0. The number of thiophene rings is 1. The molecule has 0 radical (unpaired) electrons. The molecule has 0 aliphatic heterocycles. The molecule has 0 bridgehead atoms. The predicted molar refractivity (Wildman–Crippen MR) is 60.1 cm³/mol. The van der Waals surface area contributed by atoms with E-state index in [1.54, 1.807) is 0 Å². The zero-order valence-corrected chi connectivity index (χ0v) is 9.66. The minimum Gasteiger partial charge on any atom is -0.409 e. The number of carbonyl (C=O) groups excluding carboxylic acids is 1. The normalized spacial score (nSPS) is 11.5. The molecule has 1 amide bonds. The number of hydrogen-bond acceptors (Lipinski definition) is 4. The summed E-state index contributed by atoms with van der Waals surface area (Å²) in [5.41, 5.74) is 5.45. The highest BCUT2D eigenvalue weighted by atomic mass is 35.5. The van der Waals surface area contributed by atoms with E-state index in [1.165, 1.54) is 6.07 Å². The fourth-order valence-electron chi connectivity index (χ4n) is 0.796. The number of oxime groups is 1. The van der Waals surface area contributed by atoms with Crippen molar-refractivity contribution in [1.82, 2.24) is 5.32 Å². The Morgan fingerprint density at radius 1 is 1.67 bits per heavy atom. The minimum absolute atomic E-state index is 0.0564. The van der Waals surface area contributed by atoms with E-state index < -0.39 is 5.91 Å². The predicted octanol–water partition coefficient (Wildman–Crippen LogP) is 1.53. The van der Waals surface area contributed by atoms with Gasteiger partial charge in [0, 0.05) is 0 Å². The molecular weight excluding hydrogens is 261 g/mol. The van der Waals surface area contributed by atoms with E-state index >= 15 is 0 Å². The maximum atomic E-state index is 11.5. The molecular formula is C7H7Cl2N3O2S. The Balaban J connectivity index is 2.66. The molecule has 1 aromatic heterocycles. The highest BCUT2D eigenvalue weighted by molar-refractivity contribution is 7.20. The maximum absolute atomic E-state index is 11.5. The topological polar surface area (TPSA) is 87.7 Å². The summed E-state index contributed by atoms with van der Waals surface area (Å²) in [7, 11) is 0. The molecule has 0 unspecified atom stereocenters. The Hall–Kier alpha value is -0.980. The van der Waals surface area contributed by atoms with Gasteiger partial charge in [-0.25, -0.2) is 0 Å². The van der Waals surface area contributed by atoms with Gasteiger partial charge in [-0.3, -0.25) is 4.79 Å². The van der Waals surface area contributed by atoms with Crippen LogP contribution in [0.4, 0.5) is 0 Å². The highest BCUT2D eigenvalue weighted by Crippen LogP contribution is 2.30. The fraction of sp³-hybridized carbons (Fsp3) is 0.143. The van der Waals surface area contributed by atoms with Gasteiger partial charge in [0.2, 0.25) is 0 Å². The number of nitrogens with zero attached hydrogens (tertiary/aromatic N) is 1. The van der Waals surface area contributed by atoms with Gasteiger partial charge in [0.15, 0.2) is 5.84 Å². The van der Waals surface area contributed by atoms with Gasteiger partial charge in [0.25, 0.3) is 5.91 Å². The van der Waals surface area contributed by atoms with Gasteiger partial charge < -0.3 is 16.3 Å². The molecule has 0 aliphatic carbocycles. The first-order chi connectivity index (χ1) is 7.04. The minimum atomic E-state index is -0.422. The number of nitrogens with two attached hydrogens (primary N) is 1. The van der Waals surface area contributed by atoms with Crippen LogP contribution in [-0.2, 0) is 0 Å².